The highest BCUT2D eigenvalue weighted by atomic mass is 16.5. The Morgan fingerprint density at radius 1 is 1.09 bits per heavy atom. The van der Waals surface area contributed by atoms with Gasteiger partial charge in [0.05, 0.1) is 23.7 Å². The van der Waals surface area contributed by atoms with Gasteiger partial charge in [-0.25, -0.2) is 4.79 Å². The number of benzene rings is 1. The monoisotopic (exact) mass is 445 g/mol. The topological polar surface area (TPSA) is 91.6 Å². The molecule has 2 unspecified atom stereocenters. The third-order valence-electron chi connectivity index (χ3n) is 5.96. The van der Waals surface area contributed by atoms with E-state index >= 15 is 0 Å². The van der Waals surface area contributed by atoms with Crippen molar-refractivity contribution in [1.82, 2.24) is 14.5 Å². The summed E-state index contributed by atoms with van der Waals surface area (Å²) in [5, 5.41) is 2.32. The van der Waals surface area contributed by atoms with E-state index in [-0.39, 0.29) is 24.1 Å². The maximum atomic E-state index is 12.8. The summed E-state index contributed by atoms with van der Waals surface area (Å²) in [5.41, 5.74) is 1.04. The zero-order valence-corrected chi connectivity index (χ0v) is 19.6. The van der Waals surface area contributed by atoms with E-state index < -0.39 is 11.9 Å². The number of carbonyl (C=O) groups excluding carboxylic acids is 2. The molecule has 176 valence electrons. The largest absolute Gasteiger partial charge is 0.491 e. The molecule has 2 amide bonds. The molecule has 2 heterocycles. The Morgan fingerprint density at radius 3 is 2.56 bits per heavy atom. The van der Waals surface area contributed by atoms with Crippen molar-refractivity contribution < 1.29 is 19.1 Å². The second kappa shape index (κ2) is 10.8. The number of imidazole rings is 1. The average molecular weight is 446 g/mol. The van der Waals surface area contributed by atoms with E-state index in [4.69, 9.17) is 9.47 Å². The molecule has 1 aliphatic heterocycles. The minimum atomic E-state index is -0.689. The smallest absolute Gasteiger partial charge is 0.329 e. The van der Waals surface area contributed by atoms with E-state index in [9.17, 15) is 14.4 Å². The van der Waals surface area contributed by atoms with Gasteiger partial charge in [-0.05, 0) is 43.7 Å². The van der Waals surface area contributed by atoms with Crippen molar-refractivity contribution in [1.29, 1.82) is 0 Å². The number of aromatic nitrogens is 2. The van der Waals surface area contributed by atoms with Crippen LogP contribution < -0.4 is 15.7 Å². The van der Waals surface area contributed by atoms with Crippen LogP contribution in [0.5, 0.6) is 5.75 Å². The number of hydrogen-bond donors (Lipinski definition) is 1. The number of hydrogen-bond acceptors (Lipinski definition) is 5. The van der Waals surface area contributed by atoms with E-state index in [1.165, 1.54) is 9.13 Å². The number of imide groups is 1. The molecule has 1 aromatic carbocycles. The lowest BCUT2D eigenvalue weighted by molar-refractivity contribution is -0.135. The summed E-state index contributed by atoms with van der Waals surface area (Å²) in [6, 6.07) is 4.71. The highest BCUT2D eigenvalue weighted by Gasteiger charge is 2.31. The Kier molecular flexibility index (Phi) is 8.12. The third kappa shape index (κ3) is 5.59. The molecule has 8 nitrogen and oxygen atoms in total. The van der Waals surface area contributed by atoms with E-state index in [0.29, 0.717) is 42.3 Å². The summed E-state index contributed by atoms with van der Waals surface area (Å²) in [7, 11) is 1.67. The lowest BCUT2D eigenvalue weighted by atomic mass is 10.0. The summed E-state index contributed by atoms with van der Waals surface area (Å²) >= 11 is 0. The van der Waals surface area contributed by atoms with Gasteiger partial charge in [0.1, 0.15) is 18.4 Å². The van der Waals surface area contributed by atoms with Crippen LogP contribution in [0.15, 0.2) is 23.0 Å². The Labute approximate surface area is 188 Å². The third-order valence-corrected chi connectivity index (χ3v) is 5.96. The van der Waals surface area contributed by atoms with Crippen LogP contribution in [0.2, 0.25) is 0 Å². The Hall–Kier alpha value is -2.61. The average Bonchev–Trinajstić information content (AvgIpc) is 2.99. The summed E-state index contributed by atoms with van der Waals surface area (Å²) in [6.45, 7) is 7.56. The zero-order chi connectivity index (χ0) is 23.3. The molecular formula is C24H35N3O5. The number of piperidine rings is 1. The quantitative estimate of drug-likeness (QED) is 0.423. The Bertz CT molecular complexity index is 1010. The predicted molar refractivity (Wildman–Crippen MR) is 123 cm³/mol. The first-order valence-corrected chi connectivity index (χ1v) is 11.6. The first kappa shape index (κ1) is 24.0. The van der Waals surface area contributed by atoms with Gasteiger partial charge < -0.3 is 9.47 Å². The van der Waals surface area contributed by atoms with Crippen LogP contribution in [0.1, 0.15) is 65.3 Å². The normalized spacial score (nSPS) is 17.7. The number of nitrogens with zero attached hydrogens (tertiary/aromatic N) is 2. The van der Waals surface area contributed by atoms with Gasteiger partial charge in [0.2, 0.25) is 11.8 Å². The molecule has 1 N–H and O–H groups in total. The Morgan fingerprint density at radius 2 is 1.88 bits per heavy atom. The molecule has 2 atom stereocenters. The van der Waals surface area contributed by atoms with Crippen LogP contribution in [0.4, 0.5) is 0 Å². The molecule has 2 aromatic rings. The standard InChI is InChI=1S/C24H35N3O5/c1-5-6-17(8-7-16(2)3)31-13-14-32-18-9-10-19-21(15-18)26(4)24(30)27(19)20-11-12-22(28)25-23(20)29/h9-10,15-17,20H,5-8,11-14H2,1-4H3,(H,25,28,29). The second-order valence-electron chi connectivity index (χ2n) is 8.93. The molecule has 8 heteroatoms. The van der Waals surface area contributed by atoms with Crippen LogP contribution in [0.25, 0.3) is 11.0 Å². The van der Waals surface area contributed by atoms with Gasteiger partial charge in [0, 0.05) is 19.5 Å². The zero-order valence-electron chi connectivity index (χ0n) is 19.6. The number of carbonyl (C=O) groups is 2. The van der Waals surface area contributed by atoms with Gasteiger partial charge in [0.15, 0.2) is 0 Å². The number of amides is 2. The van der Waals surface area contributed by atoms with Crippen LogP contribution in [-0.4, -0.2) is 40.3 Å². The molecule has 1 fully saturated rings. The van der Waals surface area contributed by atoms with Gasteiger partial charge in [-0.1, -0.05) is 27.2 Å². The van der Waals surface area contributed by atoms with E-state index in [1.54, 1.807) is 25.2 Å². The maximum Gasteiger partial charge on any atom is 0.329 e. The molecule has 1 saturated heterocycles. The van der Waals surface area contributed by atoms with Gasteiger partial charge >= 0.3 is 5.69 Å². The summed E-state index contributed by atoms with van der Waals surface area (Å²) in [5.74, 6) is 0.571. The second-order valence-corrected chi connectivity index (χ2v) is 8.93. The molecule has 3 rings (SSSR count). The van der Waals surface area contributed by atoms with Crippen LogP contribution in [0, 0.1) is 5.92 Å². The van der Waals surface area contributed by atoms with Crippen LogP contribution >= 0.6 is 0 Å². The molecular weight excluding hydrogens is 410 g/mol. The molecule has 1 aliphatic rings. The molecule has 0 bridgehead atoms. The van der Waals surface area contributed by atoms with E-state index in [2.05, 4.69) is 26.1 Å². The first-order valence-electron chi connectivity index (χ1n) is 11.6. The molecule has 32 heavy (non-hydrogen) atoms. The van der Waals surface area contributed by atoms with E-state index in [0.717, 1.165) is 25.7 Å². The molecule has 1 aromatic heterocycles. The number of ether oxygens (including phenoxy) is 2. The summed E-state index contributed by atoms with van der Waals surface area (Å²) in [6.07, 6.45) is 5.16. The van der Waals surface area contributed by atoms with Crippen molar-refractivity contribution >= 4 is 22.8 Å². The molecule has 0 spiro atoms. The number of rotatable bonds is 11. The highest BCUT2D eigenvalue weighted by molar-refractivity contribution is 6.00. The number of aryl methyl sites for hydroxylation is 1. The van der Waals surface area contributed by atoms with Crippen molar-refractivity contribution in [3.8, 4) is 5.75 Å². The lowest BCUT2D eigenvalue weighted by Gasteiger charge is -2.21. The van der Waals surface area contributed by atoms with Crippen LogP contribution in [-0.2, 0) is 21.4 Å². The minimum Gasteiger partial charge on any atom is -0.491 e. The maximum absolute atomic E-state index is 12.8. The predicted octanol–water partition coefficient (Wildman–Crippen LogP) is 3.32. The summed E-state index contributed by atoms with van der Waals surface area (Å²) in [4.78, 5) is 36.6. The van der Waals surface area contributed by atoms with E-state index in [1.807, 2.05) is 0 Å². The van der Waals surface area contributed by atoms with Crippen molar-refractivity contribution in [3.05, 3.63) is 28.7 Å². The van der Waals surface area contributed by atoms with Crippen LogP contribution in [0.3, 0.4) is 0 Å². The van der Waals surface area contributed by atoms with Crippen molar-refractivity contribution in [2.45, 2.75) is 71.4 Å². The number of nitrogens with one attached hydrogen (secondary N) is 1. The first-order chi connectivity index (χ1) is 15.3. The Balaban J connectivity index is 1.66. The van der Waals surface area contributed by atoms with Crippen molar-refractivity contribution in [2.75, 3.05) is 13.2 Å². The molecule has 0 aliphatic carbocycles. The highest BCUT2D eigenvalue weighted by Crippen LogP contribution is 2.25. The SMILES string of the molecule is CCCC(CCC(C)C)OCCOc1ccc2c(c1)n(C)c(=O)n2C1CCC(=O)NC1=O. The fourth-order valence-electron chi connectivity index (χ4n) is 4.19. The summed E-state index contributed by atoms with van der Waals surface area (Å²) < 4.78 is 14.9. The lowest BCUT2D eigenvalue weighted by Crippen LogP contribution is -2.44. The van der Waals surface area contributed by atoms with Gasteiger partial charge in [0.25, 0.3) is 0 Å². The van der Waals surface area contributed by atoms with Crippen molar-refractivity contribution in [3.63, 3.8) is 0 Å². The fourth-order valence-corrected chi connectivity index (χ4v) is 4.19. The van der Waals surface area contributed by atoms with Crippen molar-refractivity contribution in [2.24, 2.45) is 13.0 Å². The molecule has 0 saturated carbocycles. The molecule has 0 radical (unpaired) electrons. The van der Waals surface area contributed by atoms with Gasteiger partial charge in [-0.15, -0.1) is 0 Å². The van der Waals surface area contributed by atoms with Gasteiger partial charge in [-0.3, -0.25) is 24.0 Å². The van der Waals surface area contributed by atoms with Gasteiger partial charge in [-0.2, -0.15) is 0 Å². The number of fused-ring (bicyclic) bond motifs is 1. The minimum absolute atomic E-state index is 0.219. The fraction of sp³-hybridized carbons (Fsp3) is 0.625.